The molecule has 9 nitrogen and oxygen atoms in total. The second-order valence-corrected chi connectivity index (χ2v) is 41.8. The Morgan fingerprint density at radius 2 is 0.422 bits per heavy atom. The van der Waals surface area contributed by atoms with Crippen LogP contribution in [0.5, 0.6) is 5.75 Å². The fourth-order valence-electron chi connectivity index (χ4n) is 14.7. The average Bonchev–Trinajstić information content (AvgIpc) is 0.734. The van der Waals surface area contributed by atoms with Gasteiger partial charge in [0.25, 0.3) is 0 Å². The first kappa shape index (κ1) is 99.9. The minimum Gasteiger partial charge on any atom is -0.741 e. The molecule has 17 rings (SSSR count). The molecule has 0 saturated carbocycles. The average molecular weight is 2010 g/mol. The molecular formula is C105H90F6NO8P4Pd2S2-. The van der Waals surface area contributed by atoms with Crippen molar-refractivity contribution >= 4 is 164 Å². The summed E-state index contributed by atoms with van der Waals surface area (Å²) in [6, 6.07) is 136. The van der Waals surface area contributed by atoms with Gasteiger partial charge in [-0.15, -0.1) is 5.69 Å². The number of methoxy groups -OCH3 is 1. The second-order valence-electron chi connectivity index (χ2n) is 30.3. The molecular weight excluding hydrogens is 1920 g/mol. The molecule has 0 fully saturated rings. The Labute approximate surface area is 777 Å². The zero-order chi connectivity index (χ0) is 89.1. The Balaban J connectivity index is 0.000000206. The number of benzene rings is 17. The van der Waals surface area contributed by atoms with Gasteiger partial charge in [0.15, 0.2) is 20.2 Å². The van der Waals surface area contributed by atoms with Gasteiger partial charge in [-0.25, -0.2) is 16.8 Å². The first-order valence-corrected chi connectivity index (χ1v) is 48.1. The van der Waals surface area contributed by atoms with E-state index in [2.05, 4.69) is 395 Å². The summed E-state index contributed by atoms with van der Waals surface area (Å²) in [5.41, 5.74) is 12.0. The normalized spacial score (nSPS) is 11.4. The standard InChI is InChI=1S/2C48H40P2.C7H8NO.2CHF3O3S.H2O.2Pd/c2*1-33-13-23-39(24-14-33)49(40-25-15-34(2)16-26-40)45-31-21-37-9-5-7-11-43(37)47(45)48-44-12-8-6-10-38(44)22-32-46(48)50(41-27-17-35(3)18-28-41)42-29-19-36(4)20-30-42;1-9-7-4-2-6(8)3-5-7;2*2-1(3,4)8(5,6)7;;;/h2*5-32H,1-4H3;2-5,8H,1H3;2*(H,5,6,7);1H2;;/q;;-1;;;;;+2/p-2. The fraction of sp³-hybridized carbons (Fsp3) is 0.105. The van der Waals surface area contributed by atoms with Crippen LogP contribution in [0.15, 0.2) is 364 Å². The van der Waals surface area contributed by atoms with Crippen LogP contribution in [0.25, 0.3) is 71.1 Å². The topological polar surface area (TPSA) is 179 Å². The quantitative estimate of drug-likeness (QED) is 0.0322. The van der Waals surface area contributed by atoms with E-state index < -0.39 is 62.9 Å². The van der Waals surface area contributed by atoms with Gasteiger partial charge in [0.05, 0.1) is 7.11 Å². The molecule has 0 saturated heterocycles. The molecule has 0 atom stereocenters. The van der Waals surface area contributed by atoms with Gasteiger partial charge in [0, 0.05) is 20.4 Å². The monoisotopic (exact) mass is 2010 g/mol. The number of aryl methyl sites for hydroxylation is 8. The minimum atomic E-state index is -6.09. The molecule has 0 spiro atoms. The number of hydrogen-bond acceptors (Lipinski definition) is 7. The van der Waals surface area contributed by atoms with Gasteiger partial charge in [-0.1, -0.05) is 396 Å². The first-order chi connectivity index (χ1) is 59.7. The molecule has 3 N–H and O–H groups in total. The maximum absolute atomic E-state index is 10.7. The molecule has 17 aromatic carbocycles. The van der Waals surface area contributed by atoms with Crippen molar-refractivity contribution in [2.75, 3.05) is 7.11 Å². The number of nitrogens with one attached hydrogen (secondary N) is 1. The summed E-state index contributed by atoms with van der Waals surface area (Å²) in [4.78, 5) is 0. The zero-order valence-electron chi connectivity index (χ0n) is 71.0. The summed E-state index contributed by atoms with van der Waals surface area (Å²) < 4.78 is 123. The number of ether oxygens (including phenoxy) is 1. The molecule has 0 bridgehead atoms. The van der Waals surface area contributed by atoms with Crippen molar-refractivity contribution in [3.8, 4) is 28.0 Å². The number of fused-ring (bicyclic) bond motifs is 4. The van der Waals surface area contributed by atoms with E-state index in [4.69, 9.17) is 36.4 Å². The van der Waals surface area contributed by atoms with Crippen LogP contribution in [0.3, 0.4) is 0 Å². The van der Waals surface area contributed by atoms with Crippen LogP contribution in [0.4, 0.5) is 32.0 Å². The Morgan fingerprint density at radius 1 is 0.266 bits per heavy atom. The van der Waals surface area contributed by atoms with Crippen molar-refractivity contribution in [1.29, 1.82) is 0 Å². The van der Waals surface area contributed by atoms with Crippen LogP contribution in [0, 0.1) is 55.4 Å². The number of halogens is 6. The van der Waals surface area contributed by atoms with Gasteiger partial charge < -0.3 is 25.1 Å². The van der Waals surface area contributed by atoms with E-state index in [0.717, 1.165) is 5.75 Å². The molecule has 0 amide bonds. The van der Waals surface area contributed by atoms with E-state index in [1.54, 1.807) is 31.4 Å². The summed E-state index contributed by atoms with van der Waals surface area (Å²) >= 11 is 0. The fourth-order valence-corrected chi connectivity index (χ4v) is 24.4. The molecule has 0 aliphatic heterocycles. The van der Waals surface area contributed by atoms with Crippen molar-refractivity contribution in [3.05, 3.63) is 414 Å². The van der Waals surface area contributed by atoms with Crippen LogP contribution < -0.4 is 68.4 Å². The molecule has 0 heterocycles. The third-order valence-corrected chi connectivity index (χ3v) is 32.2. The van der Waals surface area contributed by atoms with E-state index in [0.29, 0.717) is 5.69 Å². The van der Waals surface area contributed by atoms with Crippen LogP contribution in [0.2, 0.25) is 0 Å². The van der Waals surface area contributed by atoms with E-state index in [-0.39, 0.29) is 46.3 Å². The van der Waals surface area contributed by atoms with E-state index in [1.807, 2.05) is 0 Å². The Morgan fingerprint density at radius 3 is 0.570 bits per heavy atom. The summed E-state index contributed by atoms with van der Waals surface area (Å²) in [6.45, 7) is 17.4. The Hall–Kier alpha value is -10.2. The number of rotatable bonds is 15. The summed E-state index contributed by atoms with van der Waals surface area (Å²) in [6.07, 6.45) is 0. The largest absolute Gasteiger partial charge is 2.00 e. The summed E-state index contributed by atoms with van der Waals surface area (Å²) in [5, 5.41) is 26.8. The Kier molecular flexibility index (Phi) is 34.3. The van der Waals surface area contributed by atoms with E-state index in [1.165, 1.54) is 174 Å². The predicted molar refractivity (Wildman–Crippen MR) is 519 cm³/mol. The number of hydrogen-bond donors (Lipinski definition) is 0. The predicted octanol–water partition coefficient (Wildman–Crippen LogP) is 22.5. The van der Waals surface area contributed by atoms with Crippen molar-refractivity contribution in [2.24, 2.45) is 0 Å². The van der Waals surface area contributed by atoms with Crippen LogP contribution in [-0.4, -0.2) is 49.5 Å². The third-order valence-electron chi connectivity index (χ3n) is 21.1. The van der Waals surface area contributed by atoms with Crippen molar-refractivity contribution in [1.82, 2.24) is 0 Å². The maximum atomic E-state index is 10.7. The molecule has 658 valence electrons. The zero-order valence-corrected chi connectivity index (χ0v) is 79.3. The van der Waals surface area contributed by atoms with Crippen LogP contribution >= 0.6 is 31.7 Å². The summed E-state index contributed by atoms with van der Waals surface area (Å²) in [5.74, 6) is 0.797. The van der Waals surface area contributed by atoms with Crippen LogP contribution in [0.1, 0.15) is 44.5 Å². The van der Waals surface area contributed by atoms with Crippen molar-refractivity contribution in [2.45, 2.75) is 66.4 Å². The summed E-state index contributed by atoms with van der Waals surface area (Å²) in [7, 11) is -14.1. The Bertz CT molecular complexity index is 5970. The molecule has 0 aliphatic carbocycles. The molecule has 17 aromatic rings. The van der Waals surface area contributed by atoms with Crippen molar-refractivity contribution in [3.63, 3.8) is 0 Å². The van der Waals surface area contributed by atoms with Gasteiger partial charge in [-0.05, 0) is 228 Å². The maximum Gasteiger partial charge on any atom is 2.00 e. The first-order valence-electron chi connectivity index (χ1n) is 39.9. The molecule has 0 radical (unpaired) electrons. The molecule has 23 heteroatoms. The second kappa shape index (κ2) is 43.9. The van der Waals surface area contributed by atoms with Crippen LogP contribution in [-0.2, 0) is 61.1 Å². The van der Waals surface area contributed by atoms with Gasteiger partial charge >= 0.3 is 31.4 Å². The SMILES string of the molecule is COc1ccc([NH-])cc1.Cc1ccc(P(c2ccc(C)cc2)c2ccc3ccccc3c2-c2c(P(c3ccc(C)cc3)c3ccc(C)cc3)ccc3ccccc23)cc1.Cc1ccc(P(c2ccc(C)cc2)c2ccc3ccccc3c2-c2c(P(c3ccc(C)cc3)c3ccc(C)cc3)ccc3ccccc23)cc1.O.O=S(=O)([O-])C(F)(F)F.O=S(=O)([O-])C(F)(F)F.[Pd+2].[Pd]. The van der Waals surface area contributed by atoms with Gasteiger partial charge in [0.1, 0.15) is 5.75 Å². The molecule has 0 unspecified atom stereocenters. The molecule has 0 aromatic heterocycles. The van der Waals surface area contributed by atoms with Crippen molar-refractivity contribution < 1.29 is 103 Å². The van der Waals surface area contributed by atoms with Gasteiger partial charge in [-0.3, -0.25) is 0 Å². The van der Waals surface area contributed by atoms with E-state index in [9.17, 15) is 26.3 Å². The van der Waals surface area contributed by atoms with Gasteiger partial charge in [0.2, 0.25) is 0 Å². The number of alkyl halides is 6. The molecule has 0 aliphatic rings. The third kappa shape index (κ3) is 24.1. The van der Waals surface area contributed by atoms with Gasteiger partial charge in [-0.2, -0.15) is 26.3 Å². The van der Waals surface area contributed by atoms with E-state index >= 15 is 0 Å². The smallest absolute Gasteiger partial charge is 0.741 e. The molecule has 128 heavy (non-hydrogen) atoms. The minimum absolute atomic E-state index is 0.